The van der Waals surface area contributed by atoms with Crippen molar-refractivity contribution in [2.24, 2.45) is 5.92 Å². The second-order valence-corrected chi connectivity index (χ2v) is 9.79. The van der Waals surface area contributed by atoms with E-state index < -0.39 is 16.0 Å². The van der Waals surface area contributed by atoms with E-state index in [1.54, 1.807) is 4.31 Å². The van der Waals surface area contributed by atoms with E-state index >= 15 is 0 Å². The third-order valence-electron chi connectivity index (χ3n) is 5.47. The molecule has 2 aromatic rings. The minimum atomic E-state index is -3.36. The first-order chi connectivity index (χ1) is 14.7. The van der Waals surface area contributed by atoms with Crippen molar-refractivity contribution in [2.45, 2.75) is 25.8 Å². The summed E-state index contributed by atoms with van der Waals surface area (Å²) in [6, 6.07) is 9.56. The Balaban J connectivity index is 0.00000272. The van der Waals surface area contributed by atoms with Gasteiger partial charge in [-0.05, 0) is 31.2 Å². The molecule has 1 aliphatic heterocycles. The molecule has 168 valence electrons. The van der Waals surface area contributed by atoms with Crippen molar-refractivity contribution in [1.29, 1.82) is 0 Å². The van der Waals surface area contributed by atoms with Gasteiger partial charge in [-0.3, -0.25) is 0 Å². The summed E-state index contributed by atoms with van der Waals surface area (Å²) in [6.07, 6.45) is 9.36. The molecule has 1 saturated heterocycles. The number of hydrogen-bond acceptors (Lipinski definition) is 6. The number of nitrogens with zero attached hydrogens (tertiary/aromatic N) is 4. The summed E-state index contributed by atoms with van der Waals surface area (Å²) in [5, 5.41) is 8.97. The molecule has 1 unspecified atom stereocenters. The Labute approximate surface area is 213 Å². The van der Waals surface area contributed by atoms with Crippen LogP contribution in [-0.4, -0.2) is 65.7 Å². The van der Waals surface area contributed by atoms with Gasteiger partial charge in [0.1, 0.15) is 0 Å². The molecule has 0 amide bonds. The summed E-state index contributed by atoms with van der Waals surface area (Å²) in [6.45, 7) is 3.76. The Kier molecular flexibility index (Phi) is 9.84. The van der Waals surface area contributed by atoms with Crippen LogP contribution in [0.4, 0.5) is 5.95 Å². The Morgan fingerprint density at radius 2 is 1.84 bits per heavy atom. The van der Waals surface area contributed by atoms with Crippen LogP contribution >= 0.6 is 0 Å². The first-order valence-corrected chi connectivity index (χ1v) is 12.1. The Morgan fingerprint density at radius 1 is 1.25 bits per heavy atom. The van der Waals surface area contributed by atoms with Crippen molar-refractivity contribution in [2.75, 3.05) is 30.8 Å². The van der Waals surface area contributed by atoms with Crippen molar-refractivity contribution in [1.82, 2.24) is 14.3 Å². The largest absolute Gasteiger partial charge is 1.00 e. The predicted octanol–water partition coefficient (Wildman–Crippen LogP) is -0.129. The monoisotopic (exact) mass is 468 g/mol. The van der Waals surface area contributed by atoms with Crippen LogP contribution in [0.15, 0.2) is 48.8 Å². The number of rotatable bonds is 8. The number of carbonyl (C=O) groups is 1. The fourth-order valence-corrected chi connectivity index (χ4v) is 4.84. The normalized spacial score (nSPS) is 16.2. The van der Waals surface area contributed by atoms with Crippen LogP contribution in [0, 0.1) is 5.92 Å². The van der Waals surface area contributed by atoms with Gasteiger partial charge in [0.2, 0.25) is 16.0 Å². The summed E-state index contributed by atoms with van der Waals surface area (Å²) in [7, 11) is -3.36. The van der Waals surface area contributed by atoms with Crippen molar-refractivity contribution in [3.05, 3.63) is 59.9 Å². The van der Waals surface area contributed by atoms with Crippen LogP contribution in [-0.2, 0) is 10.0 Å². The minimum Gasteiger partial charge on any atom is -1.00 e. The molecular formula is C22H29N4NaO4S. The number of carboxylic acid groups (broad SMARTS) is 1. The van der Waals surface area contributed by atoms with Gasteiger partial charge >= 0.3 is 35.5 Å². The van der Waals surface area contributed by atoms with E-state index in [2.05, 4.69) is 9.97 Å². The van der Waals surface area contributed by atoms with E-state index in [-0.39, 0.29) is 48.5 Å². The molecule has 1 atom stereocenters. The molecule has 0 radical (unpaired) electrons. The summed E-state index contributed by atoms with van der Waals surface area (Å²) < 4.78 is 26.4. The molecule has 10 heteroatoms. The van der Waals surface area contributed by atoms with E-state index in [1.165, 1.54) is 18.6 Å². The molecule has 3 rings (SSSR count). The first kappa shape index (κ1) is 26.5. The van der Waals surface area contributed by atoms with Crippen LogP contribution in [0.1, 0.15) is 37.1 Å². The van der Waals surface area contributed by atoms with Crippen LogP contribution in [0.2, 0.25) is 0 Å². The molecule has 2 heterocycles. The Hall–Kier alpha value is -1.78. The summed E-state index contributed by atoms with van der Waals surface area (Å²) >= 11 is 0. The van der Waals surface area contributed by atoms with Crippen molar-refractivity contribution < 1.29 is 49.3 Å². The molecule has 1 fully saturated rings. The third kappa shape index (κ3) is 7.38. The number of aromatic nitrogens is 2. The number of sulfonamides is 1. The maximum atomic E-state index is 12.4. The SMILES string of the molecule is CC(/C=C/c1ccccc1)N(CC1CCN(c2ncc(C(=O)O)cn2)CC1)S(C)(=O)=O.[H-].[Na+]. The van der Waals surface area contributed by atoms with Crippen LogP contribution in [0.5, 0.6) is 0 Å². The number of hydrogen-bond donors (Lipinski definition) is 1. The zero-order valence-electron chi connectivity index (χ0n) is 19.8. The zero-order valence-corrected chi connectivity index (χ0v) is 21.6. The van der Waals surface area contributed by atoms with Crippen molar-refractivity contribution in [3.63, 3.8) is 0 Å². The maximum absolute atomic E-state index is 12.4. The summed E-state index contributed by atoms with van der Waals surface area (Å²) in [5.41, 5.74) is 1.09. The molecule has 0 spiro atoms. The van der Waals surface area contributed by atoms with Gasteiger partial charge in [-0.2, -0.15) is 4.31 Å². The summed E-state index contributed by atoms with van der Waals surface area (Å²) in [5.74, 6) is -0.319. The molecule has 1 aliphatic rings. The maximum Gasteiger partial charge on any atom is 1.00 e. The molecule has 0 bridgehead atoms. The quantitative estimate of drug-likeness (QED) is 0.539. The average molecular weight is 469 g/mol. The van der Waals surface area contributed by atoms with Gasteiger partial charge in [0.05, 0.1) is 11.8 Å². The van der Waals surface area contributed by atoms with E-state index in [9.17, 15) is 13.2 Å². The molecule has 1 aromatic heterocycles. The Morgan fingerprint density at radius 3 is 2.38 bits per heavy atom. The third-order valence-corrected chi connectivity index (χ3v) is 6.80. The predicted molar refractivity (Wildman–Crippen MR) is 122 cm³/mol. The fraction of sp³-hybridized carbons (Fsp3) is 0.409. The second-order valence-electron chi connectivity index (χ2n) is 7.85. The standard InChI is InChI=1S/C22H28N4O4S.Na.H/c1-17(8-9-18-6-4-3-5-7-18)26(31(2,29)30)16-19-10-12-25(13-11-19)22-23-14-20(15-24-22)21(27)28;;/h3-9,14-15,17,19H,10-13,16H2,1-2H3,(H,27,28);;/q;+1;-1/b9-8+;;. The molecular weight excluding hydrogens is 439 g/mol. The van der Waals surface area contributed by atoms with E-state index in [4.69, 9.17) is 5.11 Å². The van der Waals surface area contributed by atoms with Crippen LogP contribution < -0.4 is 34.5 Å². The smallest absolute Gasteiger partial charge is 1.00 e. The van der Waals surface area contributed by atoms with Gasteiger partial charge in [-0.15, -0.1) is 0 Å². The molecule has 0 aliphatic carbocycles. The van der Waals surface area contributed by atoms with E-state index in [1.807, 2.05) is 54.3 Å². The fourth-order valence-electron chi connectivity index (χ4n) is 3.68. The Bertz CT molecular complexity index is 1010. The number of benzene rings is 1. The number of anilines is 1. The number of carboxylic acids is 1. The molecule has 0 saturated carbocycles. The van der Waals surface area contributed by atoms with Gasteiger partial charge in [-0.25, -0.2) is 23.2 Å². The van der Waals surface area contributed by atoms with Crippen LogP contribution in [0.25, 0.3) is 6.08 Å². The van der Waals surface area contributed by atoms with E-state index in [0.29, 0.717) is 25.6 Å². The number of aromatic carboxylic acids is 1. The van der Waals surface area contributed by atoms with E-state index in [0.717, 1.165) is 18.4 Å². The minimum absolute atomic E-state index is 0. The first-order valence-electron chi connectivity index (χ1n) is 10.2. The van der Waals surface area contributed by atoms with Gasteiger partial charge in [-0.1, -0.05) is 42.5 Å². The second kappa shape index (κ2) is 11.9. The van der Waals surface area contributed by atoms with Crippen molar-refractivity contribution >= 4 is 28.0 Å². The summed E-state index contributed by atoms with van der Waals surface area (Å²) in [4.78, 5) is 21.2. The average Bonchev–Trinajstić information content (AvgIpc) is 2.76. The molecule has 32 heavy (non-hydrogen) atoms. The van der Waals surface area contributed by atoms with Crippen molar-refractivity contribution in [3.8, 4) is 0 Å². The number of piperidine rings is 1. The topological polar surface area (TPSA) is 104 Å². The van der Waals surface area contributed by atoms with Gasteiger partial charge < -0.3 is 11.4 Å². The van der Waals surface area contributed by atoms with Gasteiger partial charge in [0, 0.05) is 38.1 Å². The molecule has 8 nitrogen and oxygen atoms in total. The molecule has 1 N–H and O–H groups in total. The van der Waals surface area contributed by atoms with Crippen LogP contribution in [0.3, 0.4) is 0 Å². The molecule has 1 aromatic carbocycles. The van der Waals surface area contributed by atoms with Gasteiger partial charge in [0.15, 0.2) is 0 Å². The zero-order chi connectivity index (χ0) is 22.4. The van der Waals surface area contributed by atoms with Gasteiger partial charge in [0.25, 0.3) is 0 Å².